The van der Waals surface area contributed by atoms with Crippen molar-refractivity contribution in [3.8, 4) is 11.5 Å². The van der Waals surface area contributed by atoms with Crippen molar-refractivity contribution in [3.63, 3.8) is 0 Å². The van der Waals surface area contributed by atoms with E-state index in [0.29, 0.717) is 17.9 Å². The van der Waals surface area contributed by atoms with E-state index in [1.165, 1.54) is 0 Å². The number of hydrogen-bond donors (Lipinski definition) is 2. The van der Waals surface area contributed by atoms with E-state index < -0.39 is 0 Å². The van der Waals surface area contributed by atoms with Crippen molar-refractivity contribution in [2.45, 2.75) is 31.7 Å². The molecule has 0 heterocycles. The predicted octanol–water partition coefficient (Wildman–Crippen LogP) is 2.51. The number of primary amides is 1. The Bertz CT molecular complexity index is 466. The Balaban J connectivity index is 2.72. The van der Waals surface area contributed by atoms with Gasteiger partial charge in [0, 0.05) is 16.9 Å². The van der Waals surface area contributed by atoms with Gasteiger partial charge < -0.3 is 20.9 Å². The zero-order valence-electron chi connectivity index (χ0n) is 11.8. The molecule has 112 valence electrons. The molecule has 1 aromatic rings. The predicted molar refractivity (Wildman–Crippen MR) is 81.8 cm³/mol. The minimum Gasteiger partial charge on any atom is -0.493 e. The number of rotatable bonds is 8. The molecule has 1 aromatic carbocycles. The van der Waals surface area contributed by atoms with Gasteiger partial charge in [0.05, 0.1) is 14.2 Å². The number of halogens is 1. The van der Waals surface area contributed by atoms with Crippen LogP contribution in [0.15, 0.2) is 16.6 Å². The van der Waals surface area contributed by atoms with Crippen molar-refractivity contribution in [1.29, 1.82) is 0 Å². The van der Waals surface area contributed by atoms with Gasteiger partial charge in [0.1, 0.15) is 0 Å². The normalized spacial score (nSPS) is 12.0. The van der Waals surface area contributed by atoms with Crippen molar-refractivity contribution in [3.05, 3.63) is 22.2 Å². The van der Waals surface area contributed by atoms with Crippen molar-refractivity contribution in [2.75, 3.05) is 14.2 Å². The standard InChI is InChI=1S/C14H21BrN2O3/c1-19-12-7-9(10(15)8-13(12)20-2)11(16)5-3-4-6-14(17)18/h7-8,11H,3-6,16H2,1-2H3,(H2,17,18). The van der Waals surface area contributed by atoms with Gasteiger partial charge in [-0.2, -0.15) is 0 Å². The molecule has 0 aromatic heterocycles. The van der Waals surface area contributed by atoms with Crippen LogP contribution in [0.5, 0.6) is 11.5 Å². The fraction of sp³-hybridized carbons (Fsp3) is 0.500. The molecule has 0 aliphatic rings. The summed E-state index contributed by atoms with van der Waals surface area (Å²) in [5, 5.41) is 0. The highest BCUT2D eigenvalue weighted by atomic mass is 79.9. The number of unbranched alkanes of at least 4 members (excludes halogenated alkanes) is 1. The van der Waals surface area contributed by atoms with E-state index in [-0.39, 0.29) is 11.9 Å². The van der Waals surface area contributed by atoms with Gasteiger partial charge in [-0.05, 0) is 30.5 Å². The first-order chi connectivity index (χ1) is 9.49. The van der Waals surface area contributed by atoms with Crippen LogP contribution in [0.3, 0.4) is 0 Å². The second kappa shape index (κ2) is 8.11. The SMILES string of the molecule is COc1cc(Br)c(C(N)CCCCC(N)=O)cc1OC. The summed E-state index contributed by atoms with van der Waals surface area (Å²) in [5.41, 5.74) is 12.3. The van der Waals surface area contributed by atoms with Gasteiger partial charge in [0.2, 0.25) is 5.91 Å². The number of benzene rings is 1. The van der Waals surface area contributed by atoms with Crippen LogP contribution in [0.1, 0.15) is 37.3 Å². The van der Waals surface area contributed by atoms with E-state index >= 15 is 0 Å². The Hall–Kier alpha value is -1.27. The van der Waals surface area contributed by atoms with Crippen LogP contribution in [-0.4, -0.2) is 20.1 Å². The van der Waals surface area contributed by atoms with E-state index in [4.69, 9.17) is 20.9 Å². The van der Waals surface area contributed by atoms with Gasteiger partial charge in [-0.15, -0.1) is 0 Å². The zero-order chi connectivity index (χ0) is 15.1. The molecule has 0 spiro atoms. The van der Waals surface area contributed by atoms with E-state index in [1.54, 1.807) is 14.2 Å². The van der Waals surface area contributed by atoms with Crippen molar-refractivity contribution < 1.29 is 14.3 Å². The molecule has 20 heavy (non-hydrogen) atoms. The Morgan fingerprint density at radius 1 is 1.25 bits per heavy atom. The molecule has 0 aliphatic heterocycles. The summed E-state index contributed by atoms with van der Waals surface area (Å²) in [5.74, 6) is 1.04. The summed E-state index contributed by atoms with van der Waals surface area (Å²) in [6, 6.07) is 3.59. The second-order valence-electron chi connectivity index (χ2n) is 4.55. The Kier molecular flexibility index (Phi) is 6.81. The number of methoxy groups -OCH3 is 2. The average molecular weight is 345 g/mol. The molecule has 0 bridgehead atoms. The molecular formula is C14H21BrN2O3. The first-order valence-corrected chi connectivity index (χ1v) is 7.24. The lowest BCUT2D eigenvalue weighted by Gasteiger charge is -2.17. The monoisotopic (exact) mass is 344 g/mol. The van der Waals surface area contributed by atoms with E-state index in [9.17, 15) is 4.79 Å². The lowest BCUT2D eigenvalue weighted by Crippen LogP contribution is -2.13. The third kappa shape index (κ3) is 4.68. The number of hydrogen-bond acceptors (Lipinski definition) is 4. The van der Waals surface area contributed by atoms with Crippen LogP contribution < -0.4 is 20.9 Å². The van der Waals surface area contributed by atoms with Crippen LogP contribution in [-0.2, 0) is 4.79 Å². The molecule has 5 nitrogen and oxygen atoms in total. The molecule has 0 fully saturated rings. The third-order valence-electron chi connectivity index (χ3n) is 3.09. The summed E-state index contributed by atoms with van der Waals surface area (Å²) >= 11 is 3.49. The summed E-state index contributed by atoms with van der Waals surface area (Å²) in [6.07, 6.45) is 2.79. The van der Waals surface area contributed by atoms with Gasteiger partial charge in [-0.3, -0.25) is 4.79 Å². The summed E-state index contributed by atoms with van der Waals surface area (Å²) in [7, 11) is 3.18. The highest BCUT2D eigenvalue weighted by Crippen LogP contribution is 2.36. The lowest BCUT2D eigenvalue weighted by molar-refractivity contribution is -0.118. The van der Waals surface area contributed by atoms with E-state index in [1.807, 2.05) is 12.1 Å². The van der Waals surface area contributed by atoms with Gasteiger partial charge in [0.15, 0.2) is 11.5 Å². The van der Waals surface area contributed by atoms with Crippen LogP contribution in [0.25, 0.3) is 0 Å². The smallest absolute Gasteiger partial charge is 0.217 e. The fourth-order valence-electron chi connectivity index (χ4n) is 1.97. The Morgan fingerprint density at radius 2 is 1.85 bits per heavy atom. The summed E-state index contributed by atoms with van der Waals surface area (Å²) < 4.78 is 11.4. The first kappa shape index (κ1) is 16.8. The molecule has 0 aliphatic carbocycles. The summed E-state index contributed by atoms with van der Waals surface area (Å²) in [6.45, 7) is 0. The third-order valence-corrected chi connectivity index (χ3v) is 3.78. The molecular weight excluding hydrogens is 324 g/mol. The van der Waals surface area contributed by atoms with Gasteiger partial charge in [0.25, 0.3) is 0 Å². The molecule has 1 rings (SSSR count). The van der Waals surface area contributed by atoms with Crippen molar-refractivity contribution >= 4 is 21.8 Å². The zero-order valence-corrected chi connectivity index (χ0v) is 13.4. The number of amides is 1. The highest BCUT2D eigenvalue weighted by molar-refractivity contribution is 9.10. The van der Waals surface area contributed by atoms with Gasteiger partial charge >= 0.3 is 0 Å². The first-order valence-electron chi connectivity index (χ1n) is 6.45. The highest BCUT2D eigenvalue weighted by Gasteiger charge is 2.15. The topological polar surface area (TPSA) is 87.6 Å². The van der Waals surface area contributed by atoms with Crippen molar-refractivity contribution in [1.82, 2.24) is 0 Å². The maximum absolute atomic E-state index is 10.7. The number of nitrogens with two attached hydrogens (primary N) is 2. The molecule has 1 atom stereocenters. The maximum Gasteiger partial charge on any atom is 0.217 e. The molecule has 1 unspecified atom stereocenters. The van der Waals surface area contributed by atoms with Crippen LogP contribution in [0, 0.1) is 0 Å². The number of ether oxygens (including phenoxy) is 2. The number of carbonyl (C=O) groups excluding carboxylic acids is 1. The van der Waals surface area contributed by atoms with Gasteiger partial charge in [-0.1, -0.05) is 22.4 Å². The number of carbonyl (C=O) groups is 1. The van der Waals surface area contributed by atoms with E-state index in [0.717, 1.165) is 29.3 Å². The maximum atomic E-state index is 10.7. The van der Waals surface area contributed by atoms with Crippen LogP contribution in [0.2, 0.25) is 0 Å². The Labute approximate surface area is 127 Å². The summed E-state index contributed by atoms with van der Waals surface area (Å²) in [4.78, 5) is 10.7. The fourth-order valence-corrected chi connectivity index (χ4v) is 2.59. The molecule has 6 heteroatoms. The minimum atomic E-state index is -0.272. The molecule has 0 saturated heterocycles. The van der Waals surface area contributed by atoms with E-state index in [2.05, 4.69) is 15.9 Å². The quantitative estimate of drug-likeness (QED) is 0.709. The Morgan fingerprint density at radius 3 is 2.40 bits per heavy atom. The lowest BCUT2D eigenvalue weighted by atomic mass is 10.0. The van der Waals surface area contributed by atoms with Gasteiger partial charge in [-0.25, -0.2) is 0 Å². The van der Waals surface area contributed by atoms with Crippen LogP contribution >= 0.6 is 15.9 Å². The molecule has 0 radical (unpaired) electrons. The molecule has 4 N–H and O–H groups in total. The van der Waals surface area contributed by atoms with Crippen LogP contribution in [0.4, 0.5) is 0 Å². The molecule has 0 saturated carbocycles. The second-order valence-corrected chi connectivity index (χ2v) is 5.40. The average Bonchev–Trinajstić information content (AvgIpc) is 2.42. The molecule has 1 amide bonds. The largest absolute Gasteiger partial charge is 0.493 e. The van der Waals surface area contributed by atoms with Crippen molar-refractivity contribution in [2.24, 2.45) is 11.5 Å². The minimum absolute atomic E-state index is 0.128.